The number of halogens is 1. The summed E-state index contributed by atoms with van der Waals surface area (Å²) < 4.78 is 37.3. The summed E-state index contributed by atoms with van der Waals surface area (Å²) in [4.78, 5) is 11.2. The zero-order chi connectivity index (χ0) is 19.5. The summed E-state index contributed by atoms with van der Waals surface area (Å²) in [6.45, 7) is 0.870. The van der Waals surface area contributed by atoms with Crippen molar-refractivity contribution in [2.24, 2.45) is 0 Å². The highest BCUT2D eigenvalue weighted by molar-refractivity contribution is 7.92. The number of hydrogen-bond donors (Lipinski definition) is 1. The average molecular weight is 400 g/mol. The molecule has 9 heteroatoms. The lowest BCUT2D eigenvalue weighted by molar-refractivity contribution is -0.135. The van der Waals surface area contributed by atoms with Crippen molar-refractivity contribution in [3.63, 3.8) is 0 Å². The second-order valence-corrected chi connectivity index (χ2v) is 7.58. The third-order valence-electron chi connectivity index (χ3n) is 3.73. The third kappa shape index (κ3) is 3.86. The van der Waals surface area contributed by atoms with Gasteiger partial charge in [-0.25, -0.2) is 8.42 Å². The summed E-state index contributed by atoms with van der Waals surface area (Å²) in [5.74, 6) is -0.727. The van der Waals surface area contributed by atoms with Crippen LogP contribution in [0.5, 0.6) is 11.5 Å². The molecular formula is C17H18ClNO6S. The first-order chi connectivity index (χ1) is 12.2. The second kappa shape index (κ2) is 7.84. The predicted molar refractivity (Wildman–Crippen MR) is 97.9 cm³/mol. The molecule has 0 aromatic heterocycles. The van der Waals surface area contributed by atoms with Crippen LogP contribution >= 0.6 is 11.6 Å². The summed E-state index contributed by atoms with van der Waals surface area (Å²) in [5, 5.41) is 9.55. The highest BCUT2D eigenvalue weighted by Gasteiger charge is 2.29. The number of rotatable bonds is 7. The number of hydrogen-bond acceptors (Lipinski definition) is 5. The van der Waals surface area contributed by atoms with Crippen LogP contribution in [0.4, 0.5) is 5.69 Å². The van der Waals surface area contributed by atoms with E-state index < -0.39 is 22.5 Å². The summed E-state index contributed by atoms with van der Waals surface area (Å²) >= 11 is 6.07. The maximum atomic E-state index is 13.1. The van der Waals surface area contributed by atoms with Crippen molar-refractivity contribution in [1.82, 2.24) is 0 Å². The average Bonchev–Trinajstić information content (AvgIpc) is 2.61. The minimum atomic E-state index is -4.19. The predicted octanol–water partition coefficient (Wildman–Crippen LogP) is 2.95. The smallest absolute Gasteiger partial charge is 0.324 e. The summed E-state index contributed by atoms with van der Waals surface area (Å²) in [5.41, 5.74) is 0.647. The van der Waals surface area contributed by atoms with E-state index in [1.807, 2.05) is 0 Å². The molecule has 2 aromatic rings. The summed E-state index contributed by atoms with van der Waals surface area (Å²) in [6, 6.07) is 8.71. The Bertz CT molecular complexity index is 929. The van der Waals surface area contributed by atoms with Gasteiger partial charge in [-0.2, -0.15) is 0 Å². The SMILES string of the molecule is COc1ccc(S(=O)(=O)N(CC(=O)O)c2cccc(Cl)c2C)cc1OC. The van der Waals surface area contributed by atoms with Gasteiger partial charge in [-0.05, 0) is 36.8 Å². The normalized spacial score (nSPS) is 11.1. The lowest BCUT2D eigenvalue weighted by atomic mass is 10.2. The molecule has 0 atom stereocenters. The van der Waals surface area contributed by atoms with E-state index in [4.69, 9.17) is 21.1 Å². The Balaban J connectivity index is 2.64. The molecule has 0 bridgehead atoms. The largest absolute Gasteiger partial charge is 0.493 e. The molecule has 26 heavy (non-hydrogen) atoms. The van der Waals surface area contributed by atoms with Crippen molar-refractivity contribution in [3.8, 4) is 11.5 Å². The molecule has 2 rings (SSSR count). The fourth-order valence-corrected chi connectivity index (χ4v) is 4.05. The molecule has 0 aliphatic carbocycles. The molecular weight excluding hydrogens is 382 g/mol. The zero-order valence-corrected chi connectivity index (χ0v) is 16.0. The standard InChI is InChI=1S/C17H18ClNO6S/c1-11-13(18)5-4-6-14(11)19(10-17(20)21)26(22,23)12-7-8-15(24-2)16(9-12)25-3/h4-9H,10H2,1-3H3,(H,20,21). The maximum absolute atomic E-state index is 13.1. The van der Waals surface area contributed by atoms with Crippen molar-refractivity contribution in [1.29, 1.82) is 0 Å². The molecule has 0 saturated heterocycles. The fraction of sp³-hybridized carbons (Fsp3) is 0.235. The van der Waals surface area contributed by atoms with E-state index in [1.54, 1.807) is 19.1 Å². The third-order valence-corrected chi connectivity index (χ3v) is 5.89. The van der Waals surface area contributed by atoms with Crippen LogP contribution in [0, 0.1) is 6.92 Å². The van der Waals surface area contributed by atoms with Gasteiger partial charge in [-0.1, -0.05) is 17.7 Å². The molecule has 0 radical (unpaired) electrons. The van der Waals surface area contributed by atoms with Gasteiger partial charge in [0, 0.05) is 11.1 Å². The van der Waals surface area contributed by atoms with Crippen LogP contribution in [0.2, 0.25) is 5.02 Å². The van der Waals surface area contributed by atoms with Crippen molar-refractivity contribution in [3.05, 3.63) is 47.0 Å². The first-order valence-electron chi connectivity index (χ1n) is 7.44. The molecule has 0 saturated carbocycles. The minimum absolute atomic E-state index is 0.129. The van der Waals surface area contributed by atoms with Crippen molar-refractivity contribution in [2.75, 3.05) is 25.1 Å². The molecule has 7 nitrogen and oxygen atoms in total. The molecule has 0 heterocycles. The van der Waals surface area contributed by atoms with Crippen molar-refractivity contribution in [2.45, 2.75) is 11.8 Å². The molecule has 0 spiro atoms. The van der Waals surface area contributed by atoms with Gasteiger partial charge >= 0.3 is 5.97 Å². The van der Waals surface area contributed by atoms with Crippen molar-refractivity contribution < 1.29 is 27.8 Å². The Hall–Kier alpha value is -2.45. The topological polar surface area (TPSA) is 93.1 Å². The number of carbonyl (C=O) groups is 1. The molecule has 1 N–H and O–H groups in total. The number of nitrogens with zero attached hydrogens (tertiary/aromatic N) is 1. The van der Waals surface area contributed by atoms with Crippen LogP contribution in [0.3, 0.4) is 0 Å². The van der Waals surface area contributed by atoms with E-state index >= 15 is 0 Å². The van der Waals surface area contributed by atoms with Crippen molar-refractivity contribution >= 4 is 33.3 Å². The highest BCUT2D eigenvalue weighted by Crippen LogP contribution is 2.34. The number of sulfonamides is 1. The van der Waals surface area contributed by atoms with E-state index in [0.717, 1.165) is 4.31 Å². The molecule has 0 aliphatic heterocycles. The monoisotopic (exact) mass is 399 g/mol. The van der Waals surface area contributed by atoms with Gasteiger partial charge in [0.25, 0.3) is 10.0 Å². The highest BCUT2D eigenvalue weighted by atomic mass is 35.5. The molecule has 2 aromatic carbocycles. The van der Waals surface area contributed by atoms with Gasteiger partial charge in [0.05, 0.1) is 24.8 Å². The van der Waals surface area contributed by atoms with Crippen LogP contribution in [-0.2, 0) is 14.8 Å². The Morgan fingerprint density at radius 1 is 1.15 bits per heavy atom. The number of ether oxygens (including phenoxy) is 2. The zero-order valence-electron chi connectivity index (χ0n) is 14.4. The number of aliphatic carboxylic acids is 1. The van der Waals surface area contributed by atoms with Crippen LogP contribution in [0.25, 0.3) is 0 Å². The molecule has 0 fully saturated rings. The molecule has 0 aliphatic rings. The lowest BCUT2D eigenvalue weighted by Gasteiger charge is -2.25. The number of benzene rings is 2. The van der Waals surface area contributed by atoms with E-state index in [-0.39, 0.29) is 16.3 Å². The van der Waals surface area contributed by atoms with E-state index in [2.05, 4.69) is 0 Å². The number of carboxylic acids is 1. The number of methoxy groups -OCH3 is 2. The van der Waals surface area contributed by atoms with Crippen LogP contribution in [0.15, 0.2) is 41.3 Å². The Morgan fingerprint density at radius 3 is 2.38 bits per heavy atom. The summed E-state index contributed by atoms with van der Waals surface area (Å²) in [6.07, 6.45) is 0. The van der Waals surface area contributed by atoms with Gasteiger partial charge in [0.1, 0.15) is 6.54 Å². The Labute approximate surface area is 156 Å². The van der Waals surface area contributed by atoms with Gasteiger partial charge < -0.3 is 14.6 Å². The van der Waals surface area contributed by atoms with Crippen LogP contribution in [0.1, 0.15) is 5.56 Å². The van der Waals surface area contributed by atoms with Crippen LogP contribution in [-0.4, -0.2) is 40.3 Å². The number of anilines is 1. The molecule has 0 amide bonds. The maximum Gasteiger partial charge on any atom is 0.324 e. The lowest BCUT2D eigenvalue weighted by Crippen LogP contribution is -2.36. The van der Waals surface area contributed by atoms with E-state index in [0.29, 0.717) is 16.3 Å². The van der Waals surface area contributed by atoms with Gasteiger partial charge in [-0.15, -0.1) is 0 Å². The first kappa shape index (κ1) is 19.9. The van der Waals surface area contributed by atoms with Gasteiger partial charge in [-0.3, -0.25) is 9.10 Å². The fourth-order valence-electron chi connectivity index (χ4n) is 2.39. The minimum Gasteiger partial charge on any atom is -0.493 e. The summed E-state index contributed by atoms with van der Waals surface area (Å²) in [7, 11) is -1.38. The second-order valence-electron chi connectivity index (χ2n) is 5.31. The van der Waals surface area contributed by atoms with E-state index in [1.165, 1.54) is 38.5 Å². The van der Waals surface area contributed by atoms with Gasteiger partial charge in [0.15, 0.2) is 11.5 Å². The number of carboxylic acid groups (broad SMARTS) is 1. The Kier molecular flexibility index (Phi) is 5.99. The Morgan fingerprint density at radius 2 is 1.81 bits per heavy atom. The molecule has 140 valence electrons. The van der Waals surface area contributed by atoms with Gasteiger partial charge in [0.2, 0.25) is 0 Å². The van der Waals surface area contributed by atoms with Crippen LogP contribution < -0.4 is 13.8 Å². The molecule has 0 unspecified atom stereocenters. The quantitative estimate of drug-likeness (QED) is 0.769. The van der Waals surface area contributed by atoms with E-state index in [9.17, 15) is 18.3 Å². The first-order valence-corrected chi connectivity index (χ1v) is 9.25.